The maximum absolute atomic E-state index is 13.8. The summed E-state index contributed by atoms with van der Waals surface area (Å²) in [4.78, 5) is 44.0. The normalized spacial score (nSPS) is 31.2. The van der Waals surface area contributed by atoms with Gasteiger partial charge in [-0.2, -0.15) is 0 Å². The van der Waals surface area contributed by atoms with E-state index in [0.717, 1.165) is 17.7 Å². The Labute approximate surface area is 177 Å². The van der Waals surface area contributed by atoms with Gasteiger partial charge in [-0.3, -0.25) is 19.3 Å². The molecule has 1 N–H and O–H groups in total. The summed E-state index contributed by atoms with van der Waals surface area (Å²) in [7, 11) is 1.55. The maximum Gasteiger partial charge on any atom is 0.250 e. The summed E-state index contributed by atoms with van der Waals surface area (Å²) >= 11 is 0. The number of nitrogens with zero attached hydrogens (tertiary/aromatic N) is 2. The minimum absolute atomic E-state index is 0.199. The number of halogens is 1. The van der Waals surface area contributed by atoms with E-state index in [2.05, 4.69) is 10.2 Å². The Kier molecular flexibility index (Phi) is 3.66. The van der Waals surface area contributed by atoms with Gasteiger partial charge < -0.3 is 10.1 Å². The van der Waals surface area contributed by atoms with Gasteiger partial charge in [0.25, 0.3) is 0 Å². The predicted molar refractivity (Wildman–Crippen MR) is 109 cm³/mol. The molecule has 1 spiro atoms. The third kappa shape index (κ3) is 2.13. The fourth-order valence-corrected chi connectivity index (χ4v) is 6.15. The summed E-state index contributed by atoms with van der Waals surface area (Å²) in [5.41, 5.74) is 0.391. The van der Waals surface area contributed by atoms with E-state index in [-0.39, 0.29) is 17.9 Å². The molecular weight excluding hydrogens is 401 g/mol. The summed E-state index contributed by atoms with van der Waals surface area (Å²) in [6.45, 7) is 0.638. The van der Waals surface area contributed by atoms with Gasteiger partial charge in [-0.1, -0.05) is 0 Å². The van der Waals surface area contributed by atoms with Crippen molar-refractivity contribution < 1.29 is 23.5 Å². The van der Waals surface area contributed by atoms with Crippen LogP contribution in [-0.4, -0.2) is 42.3 Å². The molecule has 0 bridgehead atoms. The molecule has 8 heteroatoms. The van der Waals surface area contributed by atoms with E-state index in [1.165, 1.54) is 24.3 Å². The van der Waals surface area contributed by atoms with Crippen molar-refractivity contribution in [1.29, 1.82) is 0 Å². The Hall–Kier alpha value is -3.26. The summed E-state index contributed by atoms with van der Waals surface area (Å²) in [5, 5.41) is 2.94. The molecule has 2 aromatic rings. The molecule has 4 atom stereocenters. The second-order valence-electron chi connectivity index (χ2n) is 8.53. The van der Waals surface area contributed by atoms with Crippen LogP contribution in [0.25, 0.3) is 0 Å². The number of ether oxygens (including phenoxy) is 1. The average molecular weight is 421 g/mol. The highest BCUT2D eigenvalue weighted by Gasteiger charge is 2.74. The summed E-state index contributed by atoms with van der Waals surface area (Å²) in [6, 6.07) is 10.4. The van der Waals surface area contributed by atoms with E-state index < -0.39 is 29.1 Å². The molecule has 0 aromatic heterocycles. The smallest absolute Gasteiger partial charge is 0.250 e. The lowest BCUT2D eigenvalue weighted by Gasteiger charge is -2.36. The zero-order valence-corrected chi connectivity index (χ0v) is 16.8. The zero-order valence-electron chi connectivity index (χ0n) is 16.8. The lowest BCUT2D eigenvalue weighted by molar-refractivity contribution is -0.135. The summed E-state index contributed by atoms with van der Waals surface area (Å²) in [5.74, 6) is -2.34. The number of methoxy groups -OCH3 is 1. The van der Waals surface area contributed by atoms with Crippen molar-refractivity contribution in [3.63, 3.8) is 0 Å². The molecule has 4 aliphatic heterocycles. The van der Waals surface area contributed by atoms with Crippen LogP contribution in [0.5, 0.6) is 5.75 Å². The van der Waals surface area contributed by atoms with Crippen molar-refractivity contribution >= 4 is 29.1 Å². The largest absolute Gasteiger partial charge is 0.497 e. The molecule has 4 aliphatic rings. The fraction of sp³-hybridized carbons (Fsp3) is 0.348. The van der Waals surface area contributed by atoms with Crippen LogP contribution in [0.3, 0.4) is 0 Å². The van der Waals surface area contributed by atoms with Gasteiger partial charge in [-0.15, -0.1) is 0 Å². The number of carbonyl (C=O) groups excluding carboxylic acids is 3. The van der Waals surface area contributed by atoms with E-state index in [4.69, 9.17) is 4.74 Å². The lowest BCUT2D eigenvalue weighted by Crippen LogP contribution is -2.54. The Balaban J connectivity index is 1.55. The third-order valence-electron chi connectivity index (χ3n) is 7.28. The molecule has 6 rings (SSSR count). The highest BCUT2D eigenvalue weighted by Crippen LogP contribution is 2.61. The maximum atomic E-state index is 13.8. The van der Waals surface area contributed by atoms with E-state index in [1.807, 2.05) is 0 Å². The number of nitrogens with one attached hydrogen (secondary N) is 1. The SMILES string of the molecule is COc1ccc2c(c1)[C@@]1(C(=O)N2)[C@@H]2C(=O)N(c3ccc(F)cc3)C(=O)[C@@H]2[C@@H]2CCCN21. The number of anilines is 2. The lowest BCUT2D eigenvalue weighted by atomic mass is 9.75. The van der Waals surface area contributed by atoms with Crippen LogP contribution < -0.4 is 15.0 Å². The van der Waals surface area contributed by atoms with E-state index in [0.29, 0.717) is 29.2 Å². The Morgan fingerprint density at radius 3 is 2.61 bits per heavy atom. The number of imide groups is 1. The molecule has 31 heavy (non-hydrogen) atoms. The second-order valence-corrected chi connectivity index (χ2v) is 8.53. The van der Waals surface area contributed by atoms with Gasteiger partial charge in [0.1, 0.15) is 17.1 Å². The quantitative estimate of drug-likeness (QED) is 0.753. The van der Waals surface area contributed by atoms with Gasteiger partial charge in [-0.05, 0) is 61.9 Å². The molecule has 158 valence electrons. The van der Waals surface area contributed by atoms with Crippen molar-refractivity contribution in [2.75, 3.05) is 23.9 Å². The van der Waals surface area contributed by atoms with Crippen molar-refractivity contribution in [3.05, 3.63) is 53.8 Å². The molecule has 0 saturated carbocycles. The van der Waals surface area contributed by atoms with Crippen LogP contribution in [0.2, 0.25) is 0 Å². The summed E-state index contributed by atoms with van der Waals surface area (Å²) < 4.78 is 18.8. The van der Waals surface area contributed by atoms with Crippen molar-refractivity contribution in [2.45, 2.75) is 24.4 Å². The first-order valence-corrected chi connectivity index (χ1v) is 10.4. The Morgan fingerprint density at radius 2 is 1.87 bits per heavy atom. The molecule has 3 amide bonds. The van der Waals surface area contributed by atoms with Crippen molar-refractivity contribution in [2.24, 2.45) is 11.8 Å². The van der Waals surface area contributed by atoms with Gasteiger partial charge in [0.15, 0.2) is 0 Å². The average Bonchev–Trinajstić information content (AvgIpc) is 3.47. The van der Waals surface area contributed by atoms with Gasteiger partial charge >= 0.3 is 0 Å². The first-order chi connectivity index (χ1) is 15.0. The number of hydrogen-bond donors (Lipinski definition) is 1. The van der Waals surface area contributed by atoms with Crippen LogP contribution in [0.1, 0.15) is 18.4 Å². The first kappa shape index (κ1) is 18.5. The van der Waals surface area contributed by atoms with E-state index in [9.17, 15) is 18.8 Å². The number of fused-ring (bicyclic) bond motifs is 7. The standard InChI is InChI=1S/C23H20FN3O4/c1-31-14-8-9-16-15(11-14)23(22(30)25-16)19-18(17-3-2-10-26(17)23)20(28)27(21(19)29)13-6-4-12(24)5-7-13/h4-9,11,17-19H,2-3,10H2,1H3,(H,25,30)/t17-,18+,19-,23-/m0/s1. The molecule has 7 nitrogen and oxygen atoms in total. The van der Waals surface area contributed by atoms with Crippen molar-refractivity contribution in [3.8, 4) is 5.75 Å². The van der Waals surface area contributed by atoms with E-state index >= 15 is 0 Å². The minimum Gasteiger partial charge on any atom is -0.497 e. The van der Waals surface area contributed by atoms with Crippen LogP contribution in [0.15, 0.2) is 42.5 Å². The van der Waals surface area contributed by atoms with Gasteiger partial charge in [0.05, 0.1) is 24.6 Å². The molecule has 4 heterocycles. The van der Waals surface area contributed by atoms with Gasteiger partial charge in [0.2, 0.25) is 17.7 Å². The monoisotopic (exact) mass is 421 g/mol. The van der Waals surface area contributed by atoms with Gasteiger partial charge in [-0.25, -0.2) is 9.29 Å². The van der Waals surface area contributed by atoms with Gasteiger partial charge in [0, 0.05) is 17.3 Å². The van der Waals surface area contributed by atoms with Crippen LogP contribution in [-0.2, 0) is 19.9 Å². The number of rotatable bonds is 2. The molecule has 2 aromatic carbocycles. The number of amides is 3. The zero-order chi connectivity index (χ0) is 21.5. The minimum atomic E-state index is -1.25. The molecule has 0 radical (unpaired) electrons. The number of hydrogen-bond acceptors (Lipinski definition) is 5. The topological polar surface area (TPSA) is 79.0 Å². The molecule has 3 fully saturated rings. The summed E-state index contributed by atoms with van der Waals surface area (Å²) in [6.07, 6.45) is 1.59. The molecule has 0 aliphatic carbocycles. The Bertz CT molecular complexity index is 1150. The molecule has 3 saturated heterocycles. The first-order valence-electron chi connectivity index (χ1n) is 10.4. The highest BCUT2D eigenvalue weighted by molar-refractivity contribution is 6.25. The van der Waals surface area contributed by atoms with Crippen LogP contribution in [0, 0.1) is 17.7 Å². The molecule has 0 unspecified atom stereocenters. The second kappa shape index (κ2) is 6.13. The van der Waals surface area contributed by atoms with Crippen LogP contribution in [0.4, 0.5) is 15.8 Å². The third-order valence-corrected chi connectivity index (χ3v) is 7.28. The Morgan fingerprint density at radius 1 is 1.10 bits per heavy atom. The fourth-order valence-electron chi connectivity index (χ4n) is 6.15. The predicted octanol–water partition coefficient (Wildman–Crippen LogP) is 2.27. The highest BCUT2D eigenvalue weighted by atomic mass is 19.1. The molecular formula is C23H20FN3O4. The number of carbonyl (C=O) groups is 3. The van der Waals surface area contributed by atoms with Crippen molar-refractivity contribution in [1.82, 2.24) is 4.90 Å². The number of benzene rings is 2. The van der Waals surface area contributed by atoms with Crippen LogP contribution >= 0.6 is 0 Å². The van der Waals surface area contributed by atoms with E-state index in [1.54, 1.807) is 25.3 Å².